The van der Waals surface area contributed by atoms with Crippen LogP contribution < -0.4 is 4.74 Å². The lowest BCUT2D eigenvalue weighted by molar-refractivity contribution is 0.0601. The first-order chi connectivity index (χ1) is 20.0. The molecule has 0 saturated heterocycles. The number of esters is 1. The number of rotatable bonds is 11. The molecule has 0 unspecified atom stereocenters. The summed E-state index contributed by atoms with van der Waals surface area (Å²) in [6.45, 7) is 1.34. The summed E-state index contributed by atoms with van der Waals surface area (Å²) in [6.07, 6.45) is 2.30. The minimum atomic E-state index is -0.428. The standard InChI is InChI=1S/C32H30FN3O4S/c1-38-16-15-36-28-18-23(32(37)39-2)13-14-27(28)34-30(36)19-21-11-12-22(17-25(21)33)26-8-6-10-31(35-26)40-20-24-7-4-5-9-29(24)41-3/h4-14,17-18H,15-16,19-20H2,1-3H3. The van der Waals surface area contributed by atoms with E-state index in [2.05, 4.69) is 11.1 Å². The third kappa shape index (κ3) is 6.42. The van der Waals surface area contributed by atoms with E-state index in [4.69, 9.17) is 19.2 Å². The van der Waals surface area contributed by atoms with Crippen LogP contribution in [0.15, 0.2) is 83.8 Å². The topological polar surface area (TPSA) is 75.5 Å². The molecule has 5 rings (SSSR count). The lowest BCUT2D eigenvalue weighted by Gasteiger charge is -2.11. The molecule has 0 saturated carbocycles. The van der Waals surface area contributed by atoms with Crippen molar-refractivity contribution >= 4 is 28.8 Å². The van der Waals surface area contributed by atoms with Gasteiger partial charge in [0.05, 0.1) is 36.0 Å². The molecule has 210 valence electrons. The first-order valence-corrected chi connectivity index (χ1v) is 14.3. The first kappa shape index (κ1) is 28.3. The van der Waals surface area contributed by atoms with Crippen LogP contribution in [-0.4, -0.2) is 47.6 Å². The zero-order chi connectivity index (χ0) is 28.8. The fourth-order valence-electron chi connectivity index (χ4n) is 4.63. The number of hydrogen-bond donors (Lipinski definition) is 0. The van der Waals surface area contributed by atoms with Crippen LogP contribution in [0.25, 0.3) is 22.3 Å². The number of halogens is 1. The Morgan fingerprint density at radius 3 is 2.59 bits per heavy atom. The van der Waals surface area contributed by atoms with Gasteiger partial charge >= 0.3 is 5.97 Å². The maximum atomic E-state index is 15.4. The summed E-state index contributed by atoms with van der Waals surface area (Å²) in [5.74, 6) is 0.360. The molecule has 2 heterocycles. The van der Waals surface area contributed by atoms with Gasteiger partial charge in [0.15, 0.2) is 0 Å². The second-order valence-corrected chi connectivity index (χ2v) is 10.2. The van der Waals surface area contributed by atoms with Crippen molar-refractivity contribution < 1.29 is 23.4 Å². The number of carbonyl (C=O) groups excluding carboxylic acids is 1. The van der Waals surface area contributed by atoms with Gasteiger partial charge in [-0.2, -0.15) is 0 Å². The van der Waals surface area contributed by atoms with Crippen LogP contribution in [-0.2, 0) is 29.0 Å². The van der Waals surface area contributed by atoms with Gasteiger partial charge in [0.2, 0.25) is 5.88 Å². The molecule has 0 atom stereocenters. The Bertz CT molecular complexity index is 1690. The quantitative estimate of drug-likeness (QED) is 0.131. The smallest absolute Gasteiger partial charge is 0.337 e. The fourth-order valence-corrected chi connectivity index (χ4v) is 5.24. The van der Waals surface area contributed by atoms with Crippen molar-refractivity contribution in [3.05, 3.63) is 107 Å². The van der Waals surface area contributed by atoms with Crippen LogP contribution in [0.4, 0.5) is 4.39 Å². The summed E-state index contributed by atoms with van der Waals surface area (Å²) in [5, 5.41) is 0. The van der Waals surface area contributed by atoms with E-state index in [1.54, 1.807) is 49.2 Å². The number of methoxy groups -OCH3 is 2. The highest BCUT2D eigenvalue weighted by Crippen LogP contribution is 2.27. The van der Waals surface area contributed by atoms with Gasteiger partial charge in [-0.1, -0.05) is 36.4 Å². The van der Waals surface area contributed by atoms with Crippen molar-refractivity contribution in [2.24, 2.45) is 0 Å². The van der Waals surface area contributed by atoms with Crippen LogP contribution in [0.5, 0.6) is 5.88 Å². The number of benzene rings is 3. The van der Waals surface area contributed by atoms with Gasteiger partial charge in [0.25, 0.3) is 0 Å². The zero-order valence-corrected chi connectivity index (χ0v) is 23.9. The molecule has 41 heavy (non-hydrogen) atoms. The molecule has 0 aliphatic carbocycles. The summed E-state index contributed by atoms with van der Waals surface area (Å²) >= 11 is 1.67. The fraction of sp³-hybridized carbons (Fsp3) is 0.219. The van der Waals surface area contributed by atoms with E-state index in [-0.39, 0.29) is 12.2 Å². The second kappa shape index (κ2) is 13.0. The molecule has 0 radical (unpaired) electrons. The average Bonchev–Trinajstić information content (AvgIpc) is 3.35. The minimum Gasteiger partial charge on any atom is -0.473 e. The molecule has 2 aromatic heterocycles. The van der Waals surface area contributed by atoms with Gasteiger partial charge in [0.1, 0.15) is 18.2 Å². The molecule has 5 aromatic rings. The number of carbonyl (C=O) groups is 1. The van der Waals surface area contributed by atoms with Crippen molar-refractivity contribution in [1.82, 2.24) is 14.5 Å². The number of pyridine rings is 1. The molecule has 0 N–H and O–H groups in total. The van der Waals surface area contributed by atoms with E-state index >= 15 is 4.39 Å². The number of imidazole rings is 1. The highest BCUT2D eigenvalue weighted by atomic mass is 32.2. The summed E-state index contributed by atoms with van der Waals surface area (Å²) in [4.78, 5) is 22.6. The van der Waals surface area contributed by atoms with Crippen molar-refractivity contribution in [3.63, 3.8) is 0 Å². The molecule has 0 aliphatic heterocycles. The molecule has 0 amide bonds. The maximum absolute atomic E-state index is 15.4. The van der Waals surface area contributed by atoms with Gasteiger partial charge in [-0.05, 0) is 48.2 Å². The summed E-state index contributed by atoms with van der Waals surface area (Å²) in [5.41, 5.74) is 4.75. The van der Waals surface area contributed by atoms with E-state index in [0.717, 1.165) is 16.0 Å². The lowest BCUT2D eigenvalue weighted by Crippen LogP contribution is -2.10. The van der Waals surface area contributed by atoms with Gasteiger partial charge < -0.3 is 18.8 Å². The molecular formula is C32H30FN3O4S. The average molecular weight is 572 g/mol. The second-order valence-electron chi connectivity index (χ2n) is 9.31. The molecule has 7 nitrogen and oxygen atoms in total. The normalized spacial score (nSPS) is 11.1. The SMILES string of the molecule is COCCn1c(Cc2ccc(-c3cccc(OCc4ccccc4SC)n3)cc2F)nc2ccc(C(=O)OC)cc21. The van der Waals surface area contributed by atoms with E-state index < -0.39 is 5.97 Å². The molecule has 0 spiro atoms. The summed E-state index contributed by atoms with van der Waals surface area (Å²) in [6, 6.07) is 23.9. The van der Waals surface area contributed by atoms with Crippen molar-refractivity contribution in [2.45, 2.75) is 24.5 Å². The number of thioether (sulfide) groups is 1. The molecule has 3 aromatic carbocycles. The van der Waals surface area contributed by atoms with Crippen molar-refractivity contribution in [2.75, 3.05) is 27.1 Å². The van der Waals surface area contributed by atoms with E-state index in [9.17, 15) is 4.79 Å². The van der Waals surface area contributed by atoms with Gasteiger partial charge in [0, 0.05) is 42.2 Å². The number of fused-ring (bicyclic) bond motifs is 1. The monoisotopic (exact) mass is 571 g/mol. The predicted molar refractivity (Wildman–Crippen MR) is 158 cm³/mol. The highest BCUT2D eigenvalue weighted by Gasteiger charge is 2.17. The zero-order valence-electron chi connectivity index (χ0n) is 23.1. The first-order valence-electron chi connectivity index (χ1n) is 13.1. The molecule has 0 bridgehead atoms. The molecule has 0 aliphatic rings. The lowest BCUT2D eigenvalue weighted by atomic mass is 10.1. The number of ether oxygens (including phenoxy) is 3. The van der Waals surface area contributed by atoms with Crippen molar-refractivity contribution in [1.29, 1.82) is 0 Å². The van der Waals surface area contributed by atoms with E-state index in [1.165, 1.54) is 13.2 Å². The predicted octanol–water partition coefficient (Wildman–Crippen LogP) is 6.56. The Kier molecular flexibility index (Phi) is 8.96. The molecule has 9 heteroatoms. The van der Waals surface area contributed by atoms with Crippen molar-refractivity contribution in [3.8, 4) is 17.1 Å². The summed E-state index contributed by atoms with van der Waals surface area (Å²) in [7, 11) is 2.96. The van der Waals surface area contributed by atoms with Crippen LogP contribution in [0, 0.1) is 5.82 Å². The minimum absolute atomic E-state index is 0.267. The Labute approximate surface area is 242 Å². The van der Waals surface area contributed by atoms with Gasteiger partial charge in [-0.3, -0.25) is 0 Å². The Morgan fingerprint density at radius 1 is 0.951 bits per heavy atom. The van der Waals surface area contributed by atoms with E-state index in [1.807, 2.05) is 47.2 Å². The van der Waals surface area contributed by atoms with E-state index in [0.29, 0.717) is 59.4 Å². The third-order valence-electron chi connectivity index (χ3n) is 6.76. The largest absolute Gasteiger partial charge is 0.473 e. The molecule has 0 fully saturated rings. The van der Waals surface area contributed by atoms with Crippen LogP contribution in [0.2, 0.25) is 0 Å². The number of hydrogen-bond acceptors (Lipinski definition) is 7. The van der Waals surface area contributed by atoms with Crippen LogP contribution >= 0.6 is 11.8 Å². The van der Waals surface area contributed by atoms with Crippen LogP contribution in [0.3, 0.4) is 0 Å². The number of aromatic nitrogens is 3. The van der Waals surface area contributed by atoms with Gasteiger partial charge in [-0.15, -0.1) is 11.8 Å². The highest BCUT2D eigenvalue weighted by molar-refractivity contribution is 7.98. The Balaban J connectivity index is 1.38. The molecular weight excluding hydrogens is 541 g/mol. The number of nitrogens with zero attached hydrogens (tertiary/aromatic N) is 3. The summed E-state index contributed by atoms with van der Waals surface area (Å²) < 4.78 is 33.5. The maximum Gasteiger partial charge on any atom is 0.337 e. The third-order valence-corrected chi connectivity index (χ3v) is 7.59. The Morgan fingerprint density at radius 2 is 1.80 bits per heavy atom. The van der Waals surface area contributed by atoms with Crippen LogP contribution in [0.1, 0.15) is 27.3 Å². The van der Waals surface area contributed by atoms with Gasteiger partial charge in [-0.25, -0.2) is 19.2 Å². The Hall–Kier alpha value is -4.21.